The van der Waals surface area contributed by atoms with Gasteiger partial charge in [0.2, 0.25) is 0 Å². The molecule has 0 aliphatic heterocycles. The molecule has 0 unspecified atom stereocenters. The van der Waals surface area contributed by atoms with Crippen LogP contribution in [0.4, 0.5) is 4.39 Å². The number of para-hydroxylation sites is 1. The van der Waals surface area contributed by atoms with Crippen LogP contribution in [0.25, 0.3) is 10.9 Å². The van der Waals surface area contributed by atoms with Gasteiger partial charge in [0.05, 0.1) is 10.6 Å². The topological polar surface area (TPSA) is 49.9 Å². The number of halogens is 1. The minimum atomic E-state index is -3.46. The second-order valence-electron chi connectivity index (χ2n) is 4.58. The molecular formula is C15H12FNO2S. The summed E-state index contributed by atoms with van der Waals surface area (Å²) in [5.41, 5.74) is 1.35. The van der Waals surface area contributed by atoms with Gasteiger partial charge in [-0.15, -0.1) is 0 Å². The summed E-state index contributed by atoms with van der Waals surface area (Å²) in [5, 5.41) is 0.676. The van der Waals surface area contributed by atoms with Crippen molar-refractivity contribution in [2.24, 2.45) is 0 Å². The highest BCUT2D eigenvalue weighted by Gasteiger charge is 2.19. The molecule has 0 radical (unpaired) electrons. The van der Waals surface area contributed by atoms with Gasteiger partial charge >= 0.3 is 0 Å². The minimum Gasteiger partial charge on any atom is -0.360 e. The molecule has 0 bridgehead atoms. The van der Waals surface area contributed by atoms with E-state index < -0.39 is 9.84 Å². The third-order valence-electron chi connectivity index (χ3n) is 3.16. The fraction of sp³-hybridized carbons (Fsp3) is 0.0667. The zero-order valence-corrected chi connectivity index (χ0v) is 11.3. The highest BCUT2D eigenvalue weighted by molar-refractivity contribution is 7.90. The SMILES string of the molecule is O=S(=O)(Cc1ccc(F)cc1)c1c[nH]c2ccccc12. The maximum absolute atomic E-state index is 12.8. The van der Waals surface area contributed by atoms with Crippen LogP contribution in [0, 0.1) is 5.82 Å². The molecule has 5 heteroatoms. The number of fused-ring (bicyclic) bond motifs is 1. The van der Waals surface area contributed by atoms with E-state index in [4.69, 9.17) is 0 Å². The highest BCUT2D eigenvalue weighted by atomic mass is 32.2. The van der Waals surface area contributed by atoms with Gasteiger partial charge in [-0.25, -0.2) is 12.8 Å². The third kappa shape index (κ3) is 2.32. The summed E-state index contributed by atoms with van der Waals surface area (Å²) in [6.07, 6.45) is 1.50. The molecule has 1 aromatic heterocycles. The molecule has 0 aliphatic rings. The van der Waals surface area contributed by atoms with Gasteiger partial charge in [0.1, 0.15) is 5.82 Å². The van der Waals surface area contributed by atoms with E-state index >= 15 is 0 Å². The monoisotopic (exact) mass is 289 g/mol. The smallest absolute Gasteiger partial charge is 0.184 e. The van der Waals surface area contributed by atoms with E-state index in [1.165, 1.54) is 30.5 Å². The number of H-pyrrole nitrogens is 1. The van der Waals surface area contributed by atoms with Gasteiger partial charge in [0.25, 0.3) is 0 Å². The van der Waals surface area contributed by atoms with Crippen LogP contribution in [-0.2, 0) is 15.6 Å². The lowest BCUT2D eigenvalue weighted by atomic mass is 10.2. The van der Waals surface area contributed by atoms with Crippen LogP contribution >= 0.6 is 0 Å². The van der Waals surface area contributed by atoms with E-state index in [0.717, 1.165) is 5.52 Å². The van der Waals surface area contributed by atoms with Crippen molar-refractivity contribution >= 4 is 20.7 Å². The number of aromatic amines is 1. The Labute approximate surface area is 116 Å². The van der Waals surface area contributed by atoms with Crippen LogP contribution in [0.5, 0.6) is 0 Å². The maximum atomic E-state index is 12.8. The fourth-order valence-corrected chi connectivity index (χ4v) is 3.72. The number of nitrogens with one attached hydrogen (secondary N) is 1. The van der Waals surface area contributed by atoms with Crippen LogP contribution < -0.4 is 0 Å². The first-order chi connectivity index (χ1) is 9.56. The van der Waals surface area contributed by atoms with Crippen molar-refractivity contribution < 1.29 is 12.8 Å². The normalized spacial score (nSPS) is 11.8. The van der Waals surface area contributed by atoms with E-state index in [0.29, 0.717) is 10.9 Å². The summed E-state index contributed by atoms with van der Waals surface area (Å²) < 4.78 is 37.7. The molecule has 2 aromatic carbocycles. The number of sulfone groups is 1. The molecule has 0 amide bonds. The molecule has 0 spiro atoms. The second kappa shape index (κ2) is 4.76. The van der Waals surface area contributed by atoms with Crippen LogP contribution in [-0.4, -0.2) is 13.4 Å². The number of hydrogen-bond acceptors (Lipinski definition) is 2. The number of hydrogen-bond donors (Lipinski definition) is 1. The molecule has 0 atom stereocenters. The second-order valence-corrected chi connectivity index (χ2v) is 6.54. The van der Waals surface area contributed by atoms with Crippen LogP contribution in [0.15, 0.2) is 59.6 Å². The Balaban J connectivity index is 2.01. The summed E-state index contributed by atoms with van der Waals surface area (Å²) in [7, 11) is -3.46. The molecule has 3 nitrogen and oxygen atoms in total. The summed E-state index contributed by atoms with van der Waals surface area (Å²) in [6.45, 7) is 0. The van der Waals surface area contributed by atoms with Gasteiger partial charge in [-0.3, -0.25) is 0 Å². The van der Waals surface area contributed by atoms with Gasteiger partial charge < -0.3 is 4.98 Å². The molecular weight excluding hydrogens is 277 g/mol. The average molecular weight is 289 g/mol. The van der Waals surface area contributed by atoms with Crippen molar-refractivity contribution in [3.63, 3.8) is 0 Å². The van der Waals surface area contributed by atoms with Crippen molar-refractivity contribution in [3.05, 3.63) is 66.1 Å². The Bertz CT molecular complexity index is 851. The van der Waals surface area contributed by atoms with E-state index in [9.17, 15) is 12.8 Å². The molecule has 0 aliphatic carbocycles. The average Bonchev–Trinajstić information content (AvgIpc) is 2.86. The molecule has 0 saturated heterocycles. The van der Waals surface area contributed by atoms with E-state index in [1.54, 1.807) is 12.1 Å². The number of aromatic nitrogens is 1. The first-order valence-electron chi connectivity index (χ1n) is 6.09. The van der Waals surface area contributed by atoms with Crippen molar-refractivity contribution in [1.82, 2.24) is 4.98 Å². The van der Waals surface area contributed by atoms with Gasteiger partial charge in [0.15, 0.2) is 9.84 Å². The Morgan fingerprint density at radius 3 is 2.45 bits per heavy atom. The predicted octanol–water partition coefficient (Wildman–Crippen LogP) is 3.28. The molecule has 1 N–H and O–H groups in total. The Hall–Kier alpha value is -2.14. The fourth-order valence-electron chi connectivity index (χ4n) is 2.18. The minimum absolute atomic E-state index is 0.144. The van der Waals surface area contributed by atoms with Crippen LogP contribution in [0.3, 0.4) is 0 Å². The van der Waals surface area contributed by atoms with E-state index in [-0.39, 0.29) is 16.5 Å². The molecule has 1 heterocycles. The summed E-state index contributed by atoms with van der Waals surface area (Å²) in [5.74, 6) is -0.520. The lowest BCUT2D eigenvalue weighted by molar-refractivity contribution is 0.595. The predicted molar refractivity (Wildman–Crippen MR) is 75.6 cm³/mol. The quantitative estimate of drug-likeness (QED) is 0.804. The van der Waals surface area contributed by atoms with Crippen LogP contribution in [0.2, 0.25) is 0 Å². The van der Waals surface area contributed by atoms with Crippen molar-refractivity contribution in [3.8, 4) is 0 Å². The first-order valence-corrected chi connectivity index (χ1v) is 7.75. The van der Waals surface area contributed by atoms with Crippen LogP contribution in [0.1, 0.15) is 5.56 Å². The molecule has 102 valence electrons. The van der Waals surface area contributed by atoms with Gasteiger partial charge in [-0.1, -0.05) is 30.3 Å². The van der Waals surface area contributed by atoms with Gasteiger partial charge in [-0.05, 0) is 23.8 Å². The molecule has 3 rings (SSSR count). The first kappa shape index (κ1) is 12.9. The van der Waals surface area contributed by atoms with Gasteiger partial charge in [0, 0.05) is 17.1 Å². The zero-order chi connectivity index (χ0) is 14.2. The maximum Gasteiger partial charge on any atom is 0.184 e. The lowest BCUT2D eigenvalue weighted by Crippen LogP contribution is -2.04. The lowest BCUT2D eigenvalue weighted by Gasteiger charge is -2.03. The van der Waals surface area contributed by atoms with Crippen molar-refractivity contribution in [2.75, 3.05) is 0 Å². The molecule has 0 saturated carbocycles. The molecule has 3 aromatic rings. The largest absolute Gasteiger partial charge is 0.360 e. The Morgan fingerprint density at radius 2 is 1.70 bits per heavy atom. The Kier molecular flexibility index (Phi) is 3.06. The summed E-state index contributed by atoms with van der Waals surface area (Å²) >= 11 is 0. The van der Waals surface area contributed by atoms with E-state index in [1.807, 2.05) is 12.1 Å². The molecule has 20 heavy (non-hydrogen) atoms. The van der Waals surface area contributed by atoms with Gasteiger partial charge in [-0.2, -0.15) is 0 Å². The van der Waals surface area contributed by atoms with Crippen molar-refractivity contribution in [2.45, 2.75) is 10.6 Å². The third-order valence-corrected chi connectivity index (χ3v) is 4.88. The Morgan fingerprint density at radius 1 is 1.00 bits per heavy atom. The molecule has 0 fully saturated rings. The zero-order valence-electron chi connectivity index (χ0n) is 10.5. The summed E-state index contributed by atoms with van der Waals surface area (Å²) in [4.78, 5) is 3.23. The summed E-state index contributed by atoms with van der Waals surface area (Å²) in [6, 6.07) is 12.7. The standard InChI is InChI=1S/C15H12FNO2S/c16-12-7-5-11(6-8-12)10-20(18,19)15-9-17-14-4-2-1-3-13(14)15/h1-9,17H,10H2. The van der Waals surface area contributed by atoms with Crippen molar-refractivity contribution in [1.29, 1.82) is 0 Å². The number of benzene rings is 2. The van der Waals surface area contributed by atoms with E-state index in [2.05, 4.69) is 4.98 Å². The highest BCUT2D eigenvalue weighted by Crippen LogP contribution is 2.25. The number of rotatable bonds is 3.